The van der Waals surface area contributed by atoms with Gasteiger partial charge in [0, 0.05) is 31.6 Å². The van der Waals surface area contributed by atoms with Gasteiger partial charge in [0.1, 0.15) is 0 Å². The van der Waals surface area contributed by atoms with E-state index in [1.165, 1.54) is 16.7 Å². The van der Waals surface area contributed by atoms with Crippen LogP contribution in [0, 0.1) is 19.8 Å². The summed E-state index contributed by atoms with van der Waals surface area (Å²) in [5.74, 6) is 0.629. The summed E-state index contributed by atoms with van der Waals surface area (Å²) in [5, 5.41) is 0. The summed E-state index contributed by atoms with van der Waals surface area (Å²) >= 11 is 0. The van der Waals surface area contributed by atoms with E-state index in [1.54, 1.807) is 0 Å². The number of hydrogen-bond donors (Lipinski definition) is 0. The normalized spacial score (nSPS) is 28.8. The number of carbonyl (C=O) groups is 1. The predicted octanol–water partition coefficient (Wildman–Crippen LogP) is 1.52. The molecular weight excluding hydrogens is 336 g/mol. The summed E-state index contributed by atoms with van der Waals surface area (Å²) in [5.41, 5.74) is 3.77. The van der Waals surface area contributed by atoms with Crippen molar-refractivity contribution in [3.05, 3.63) is 34.9 Å². The molecule has 1 saturated carbocycles. The summed E-state index contributed by atoms with van der Waals surface area (Å²) in [4.78, 5) is 16.8. The predicted molar refractivity (Wildman–Crippen MR) is 97.0 cm³/mol. The third kappa shape index (κ3) is 3.22. The molecule has 1 aromatic carbocycles. The molecule has 3 fully saturated rings. The highest BCUT2D eigenvalue weighted by Crippen LogP contribution is 2.35. The first kappa shape index (κ1) is 17.0. The van der Waals surface area contributed by atoms with Crippen molar-refractivity contribution in [2.24, 2.45) is 5.92 Å². The molecule has 136 valence electrons. The molecular formula is C19H26N2O3S. The Morgan fingerprint density at radius 3 is 2.36 bits per heavy atom. The van der Waals surface area contributed by atoms with Crippen LogP contribution in [0.5, 0.6) is 0 Å². The van der Waals surface area contributed by atoms with Gasteiger partial charge in [-0.1, -0.05) is 18.2 Å². The fourth-order valence-corrected chi connectivity index (χ4v) is 6.37. The van der Waals surface area contributed by atoms with Gasteiger partial charge in [0.05, 0.1) is 17.5 Å². The molecule has 0 unspecified atom stereocenters. The van der Waals surface area contributed by atoms with Crippen LogP contribution in [0.2, 0.25) is 0 Å². The van der Waals surface area contributed by atoms with Crippen molar-refractivity contribution in [2.45, 2.75) is 45.3 Å². The third-order valence-corrected chi connectivity index (χ3v) is 7.71. The average Bonchev–Trinajstić information content (AvgIpc) is 3.33. The van der Waals surface area contributed by atoms with Gasteiger partial charge in [0.2, 0.25) is 5.91 Å². The molecule has 2 atom stereocenters. The lowest BCUT2D eigenvalue weighted by atomic mass is 9.99. The van der Waals surface area contributed by atoms with Gasteiger partial charge in [0.15, 0.2) is 9.84 Å². The van der Waals surface area contributed by atoms with Crippen LogP contribution in [-0.4, -0.2) is 60.8 Å². The average molecular weight is 362 g/mol. The van der Waals surface area contributed by atoms with Crippen LogP contribution in [0.1, 0.15) is 29.5 Å². The molecule has 0 N–H and O–H groups in total. The van der Waals surface area contributed by atoms with Gasteiger partial charge in [-0.15, -0.1) is 0 Å². The highest BCUT2D eigenvalue weighted by atomic mass is 32.2. The smallest absolute Gasteiger partial charge is 0.226 e. The molecule has 2 heterocycles. The number of nitrogens with zero attached hydrogens (tertiary/aromatic N) is 2. The maximum Gasteiger partial charge on any atom is 0.226 e. The van der Waals surface area contributed by atoms with Crippen molar-refractivity contribution >= 4 is 15.7 Å². The highest BCUT2D eigenvalue weighted by Gasteiger charge is 2.49. The molecule has 3 aliphatic rings. The van der Waals surface area contributed by atoms with E-state index in [-0.39, 0.29) is 35.4 Å². The van der Waals surface area contributed by atoms with Crippen LogP contribution in [0.25, 0.3) is 0 Å². The summed E-state index contributed by atoms with van der Waals surface area (Å²) < 4.78 is 24.6. The van der Waals surface area contributed by atoms with E-state index in [1.807, 2.05) is 4.90 Å². The van der Waals surface area contributed by atoms with Gasteiger partial charge in [-0.3, -0.25) is 9.69 Å². The van der Waals surface area contributed by atoms with Crippen molar-refractivity contribution < 1.29 is 13.2 Å². The van der Waals surface area contributed by atoms with Crippen LogP contribution in [0.4, 0.5) is 0 Å². The molecule has 1 aromatic rings. The quantitative estimate of drug-likeness (QED) is 0.818. The Morgan fingerprint density at radius 1 is 1.08 bits per heavy atom. The second-order valence-electron chi connectivity index (χ2n) is 7.86. The molecule has 1 aliphatic carbocycles. The molecule has 2 aliphatic heterocycles. The fraction of sp³-hybridized carbons (Fsp3) is 0.632. The van der Waals surface area contributed by atoms with Gasteiger partial charge in [0.25, 0.3) is 0 Å². The summed E-state index contributed by atoms with van der Waals surface area (Å²) in [7, 11) is -3.08. The number of hydrogen-bond acceptors (Lipinski definition) is 4. The lowest BCUT2D eigenvalue weighted by Crippen LogP contribution is -2.60. The first-order valence-corrected chi connectivity index (χ1v) is 11.0. The number of carbonyl (C=O) groups excluding carboxylic acids is 1. The molecule has 2 saturated heterocycles. The summed E-state index contributed by atoms with van der Waals surface area (Å²) in [6.07, 6.45) is 1.93. The van der Waals surface area contributed by atoms with E-state index in [2.05, 4.69) is 36.9 Å². The van der Waals surface area contributed by atoms with Gasteiger partial charge < -0.3 is 4.90 Å². The number of piperazine rings is 1. The van der Waals surface area contributed by atoms with E-state index in [4.69, 9.17) is 0 Å². The molecule has 4 rings (SSSR count). The Labute approximate surface area is 149 Å². The van der Waals surface area contributed by atoms with Crippen LogP contribution in [0.15, 0.2) is 18.2 Å². The zero-order valence-corrected chi connectivity index (χ0v) is 15.8. The fourth-order valence-electron chi connectivity index (χ4n) is 4.36. The highest BCUT2D eigenvalue weighted by molar-refractivity contribution is 7.91. The van der Waals surface area contributed by atoms with E-state index >= 15 is 0 Å². The number of amides is 1. The maximum atomic E-state index is 12.6. The Bertz CT molecular complexity index is 781. The monoisotopic (exact) mass is 362 g/mol. The van der Waals surface area contributed by atoms with Gasteiger partial charge in [-0.05, 0) is 43.4 Å². The molecule has 0 spiro atoms. The third-order valence-electron chi connectivity index (χ3n) is 6.01. The molecule has 0 bridgehead atoms. The van der Waals surface area contributed by atoms with E-state index in [0.717, 1.165) is 25.9 Å². The SMILES string of the molecule is Cc1cccc(C)c1CN1CCN(C(=O)C2CC2)[C@@H]2CS(=O)(=O)C[C@@H]21. The molecule has 5 nitrogen and oxygen atoms in total. The van der Waals surface area contributed by atoms with Gasteiger partial charge in [-0.2, -0.15) is 0 Å². The van der Waals surface area contributed by atoms with Crippen molar-refractivity contribution in [3.63, 3.8) is 0 Å². The molecule has 25 heavy (non-hydrogen) atoms. The minimum absolute atomic E-state index is 0.0690. The number of benzene rings is 1. The topological polar surface area (TPSA) is 57.7 Å². The number of fused-ring (bicyclic) bond motifs is 1. The number of sulfone groups is 1. The lowest BCUT2D eigenvalue weighted by Gasteiger charge is -2.44. The van der Waals surface area contributed by atoms with Crippen molar-refractivity contribution in [3.8, 4) is 0 Å². The summed E-state index contributed by atoms with van der Waals surface area (Å²) in [6.45, 7) is 6.39. The van der Waals surface area contributed by atoms with Gasteiger partial charge in [-0.25, -0.2) is 8.42 Å². The first-order chi connectivity index (χ1) is 11.9. The van der Waals surface area contributed by atoms with Gasteiger partial charge >= 0.3 is 0 Å². The molecule has 1 amide bonds. The second kappa shape index (κ2) is 6.09. The Balaban J connectivity index is 1.59. The minimum atomic E-state index is -3.08. The van der Waals surface area contributed by atoms with Crippen LogP contribution < -0.4 is 0 Å². The Kier molecular flexibility index (Phi) is 4.15. The van der Waals surface area contributed by atoms with Crippen molar-refractivity contribution in [1.82, 2.24) is 9.80 Å². The Hall–Kier alpha value is -1.40. The van der Waals surface area contributed by atoms with E-state index < -0.39 is 9.84 Å². The zero-order chi connectivity index (χ0) is 17.8. The van der Waals surface area contributed by atoms with Crippen molar-refractivity contribution in [1.29, 1.82) is 0 Å². The minimum Gasteiger partial charge on any atom is -0.336 e. The van der Waals surface area contributed by atoms with E-state index in [0.29, 0.717) is 6.54 Å². The molecule has 0 radical (unpaired) electrons. The maximum absolute atomic E-state index is 12.6. The van der Waals surface area contributed by atoms with E-state index in [9.17, 15) is 13.2 Å². The molecule has 0 aromatic heterocycles. The summed E-state index contributed by atoms with van der Waals surface area (Å²) in [6, 6.07) is 6.04. The van der Waals surface area contributed by atoms with Crippen LogP contribution in [-0.2, 0) is 21.2 Å². The second-order valence-corrected chi connectivity index (χ2v) is 10.0. The lowest BCUT2D eigenvalue weighted by molar-refractivity contribution is -0.138. The molecule has 6 heteroatoms. The first-order valence-electron chi connectivity index (χ1n) is 9.16. The zero-order valence-electron chi connectivity index (χ0n) is 14.9. The number of rotatable bonds is 3. The largest absolute Gasteiger partial charge is 0.336 e. The Morgan fingerprint density at radius 2 is 1.72 bits per heavy atom. The van der Waals surface area contributed by atoms with Crippen molar-refractivity contribution in [2.75, 3.05) is 24.6 Å². The number of aryl methyl sites for hydroxylation is 2. The van der Waals surface area contributed by atoms with Crippen LogP contribution in [0.3, 0.4) is 0 Å². The van der Waals surface area contributed by atoms with Crippen LogP contribution >= 0.6 is 0 Å². The standard InChI is InChI=1S/C19H26N2O3S/c1-13-4-3-5-14(2)16(13)10-20-8-9-21(19(22)15-6-7-15)18-12-25(23,24)11-17(18)20/h3-5,15,17-18H,6-12H2,1-2H3/t17-,18+/m0/s1.